The molecule has 3 fully saturated rings. The number of halogens is 1. The molecule has 0 amide bonds. The van der Waals surface area contributed by atoms with Crippen molar-refractivity contribution in [2.24, 2.45) is 41.4 Å². The second-order valence-corrected chi connectivity index (χ2v) is 9.86. The SMILES string of the molecule is CC[C@H](C1CCC(C)CC1)C1CCC(C2CCC(C)CC2F)CC1. The minimum Gasteiger partial charge on any atom is -0.247 e. The third-order valence-corrected chi connectivity index (χ3v) is 8.25. The largest absolute Gasteiger partial charge is 0.247 e. The molecule has 0 aromatic rings. The summed E-state index contributed by atoms with van der Waals surface area (Å²) in [6.07, 6.45) is 15.5. The number of hydrogen-bond donors (Lipinski definition) is 0. The first-order chi connectivity index (χ1) is 11.6. The van der Waals surface area contributed by atoms with E-state index in [1.165, 1.54) is 64.2 Å². The molecule has 3 unspecified atom stereocenters. The highest BCUT2D eigenvalue weighted by Crippen LogP contribution is 2.47. The van der Waals surface area contributed by atoms with Crippen molar-refractivity contribution in [2.75, 3.05) is 0 Å². The molecule has 0 spiro atoms. The van der Waals surface area contributed by atoms with E-state index in [1.807, 2.05) is 0 Å². The monoisotopic (exact) mass is 336 g/mol. The van der Waals surface area contributed by atoms with Gasteiger partial charge in [-0.1, -0.05) is 46.5 Å². The molecular formula is C23H41F. The van der Waals surface area contributed by atoms with Gasteiger partial charge >= 0.3 is 0 Å². The molecule has 3 aliphatic rings. The summed E-state index contributed by atoms with van der Waals surface area (Å²) in [5, 5.41) is 0. The summed E-state index contributed by atoms with van der Waals surface area (Å²) in [6, 6.07) is 0. The highest BCUT2D eigenvalue weighted by atomic mass is 19.1. The van der Waals surface area contributed by atoms with Crippen LogP contribution in [0.5, 0.6) is 0 Å². The number of hydrogen-bond acceptors (Lipinski definition) is 0. The third-order valence-electron chi connectivity index (χ3n) is 8.25. The van der Waals surface area contributed by atoms with Gasteiger partial charge in [0.15, 0.2) is 0 Å². The van der Waals surface area contributed by atoms with Gasteiger partial charge in [-0.2, -0.15) is 0 Å². The zero-order chi connectivity index (χ0) is 17.1. The fourth-order valence-electron chi connectivity index (χ4n) is 6.63. The summed E-state index contributed by atoms with van der Waals surface area (Å²) in [5.74, 6) is 5.59. The molecule has 0 heterocycles. The van der Waals surface area contributed by atoms with Crippen LogP contribution in [-0.4, -0.2) is 6.17 Å². The standard InChI is InChI=1S/C23H41F/c1-4-21(18-8-5-16(2)6-9-18)19-10-12-20(13-11-19)22-14-7-17(3)15-23(22)24/h16-23H,4-15H2,1-3H3/t16?,17?,18?,19?,20?,21-,22?,23?/m1/s1. The van der Waals surface area contributed by atoms with Crippen molar-refractivity contribution in [1.82, 2.24) is 0 Å². The minimum absolute atomic E-state index is 0.401. The molecule has 3 aliphatic carbocycles. The maximum Gasteiger partial charge on any atom is 0.103 e. The molecule has 4 atom stereocenters. The van der Waals surface area contributed by atoms with E-state index >= 15 is 0 Å². The van der Waals surface area contributed by atoms with Crippen LogP contribution >= 0.6 is 0 Å². The van der Waals surface area contributed by atoms with Gasteiger partial charge in [0.05, 0.1) is 0 Å². The van der Waals surface area contributed by atoms with Gasteiger partial charge in [-0.05, 0) is 92.8 Å². The molecule has 0 aromatic carbocycles. The van der Waals surface area contributed by atoms with Crippen LogP contribution in [0.3, 0.4) is 0 Å². The van der Waals surface area contributed by atoms with Gasteiger partial charge in [0.25, 0.3) is 0 Å². The maximum atomic E-state index is 14.5. The number of rotatable bonds is 4. The summed E-state index contributed by atoms with van der Waals surface area (Å²) >= 11 is 0. The summed E-state index contributed by atoms with van der Waals surface area (Å²) in [6.45, 7) is 7.09. The van der Waals surface area contributed by atoms with Crippen molar-refractivity contribution in [3.8, 4) is 0 Å². The highest BCUT2D eigenvalue weighted by molar-refractivity contribution is 4.89. The van der Waals surface area contributed by atoms with Gasteiger partial charge in [-0.3, -0.25) is 0 Å². The molecule has 0 saturated heterocycles. The average molecular weight is 337 g/mol. The Bertz CT molecular complexity index is 362. The summed E-state index contributed by atoms with van der Waals surface area (Å²) < 4.78 is 14.5. The van der Waals surface area contributed by atoms with Crippen LogP contribution in [0.4, 0.5) is 4.39 Å². The Hall–Kier alpha value is -0.0700. The van der Waals surface area contributed by atoms with Crippen molar-refractivity contribution in [1.29, 1.82) is 0 Å². The topological polar surface area (TPSA) is 0 Å². The second-order valence-electron chi connectivity index (χ2n) is 9.86. The van der Waals surface area contributed by atoms with E-state index in [-0.39, 0.29) is 0 Å². The molecule has 1 heteroatoms. The molecule has 0 aliphatic heterocycles. The van der Waals surface area contributed by atoms with Crippen molar-refractivity contribution >= 4 is 0 Å². The van der Waals surface area contributed by atoms with Crippen LogP contribution in [0, 0.1) is 41.4 Å². The van der Waals surface area contributed by atoms with Crippen molar-refractivity contribution in [3.63, 3.8) is 0 Å². The van der Waals surface area contributed by atoms with Crippen LogP contribution in [0.1, 0.15) is 97.8 Å². The van der Waals surface area contributed by atoms with Crippen molar-refractivity contribution in [2.45, 2.75) is 104 Å². The van der Waals surface area contributed by atoms with Gasteiger partial charge in [0.2, 0.25) is 0 Å². The lowest BCUT2D eigenvalue weighted by molar-refractivity contribution is 0.0443. The first-order valence-corrected chi connectivity index (χ1v) is 11.2. The van der Waals surface area contributed by atoms with E-state index in [4.69, 9.17) is 0 Å². The molecule has 3 saturated carbocycles. The lowest BCUT2D eigenvalue weighted by Crippen LogP contribution is -2.35. The van der Waals surface area contributed by atoms with Crippen LogP contribution in [0.25, 0.3) is 0 Å². The van der Waals surface area contributed by atoms with Gasteiger partial charge in [0, 0.05) is 0 Å². The van der Waals surface area contributed by atoms with E-state index in [1.54, 1.807) is 0 Å². The van der Waals surface area contributed by atoms with Gasteiger partial charge in [0.1, 0.15) is 6.17 Å². The Morgan fingerprint density at radius 1 is 0.750 bits per heavy atom. The Kier molecular flexibility index (Phi) is 6.66. The normalized spacial score (nSPS) is 45.8. The van der Waals surface area contributed by atoms with E-state index in [0.29, 0.717) is 17.8 Å². The van der Waals surface area contributed by atoms with Crippen molar-refractivity contribution in [3.05, 3.63) is 0 Å². The van der Waals surface area contributed by atoms with E-state index < -0.39 is 6.17 Å². The summed E-state index contributed by atoms with van der Waals surface area (Å²) in [7, 11) is 0. The smallest absolute Gasteiger partial charge is 0.103 e. The van der Waals surface area contributed by atoms with Crippen LogP contribution < -0.4 is 0 Å². The summed E-state index contributed by atoms with van der Waals surface area (Å²) in [4.78, 5) is 0. The molecule has 0 aromatic heterocycles. The first kappa shape index (κ1) is 18.7. The summed E-state index contributed by atoms with van der Waals surface area (Å²) in [5.41, 5.74) is 0. The number of alkyl halides is 1. The fourth-order valence-corrected chi connectivity index (χ4v) is 6.63. The molecular weight excluding hydrogens is 295 g/mol. The van der Waals surface area contributed by atoms with Crippen LogP contribution in [0.15, 0.2) is 0 Å². The van der Waals surface area contributed by atoms with E-state index in [0.717, 1.165) is 36.5 Å². The van der Waals surface area contributed by atoms with Crippen molar-refractivity contribution < 1.29 is 4.39 Å². The molecule has 0 N–H and O–H groups in total. The third kappa shape index (κ3) is 4.36. The Balaban J connectivity index is 1.50. The molecule has 0 bridgehead atoms. The quantitative estimate of drug-likeness (QED) is 0.501. The predicted molar refractivity (Wildman–Crippen MR) is 102 cm³/mol. The highest BCUT2D eigenvalue weighted by Gasteiger charge is 2.38. The minimum atomic E-state index is -0.503. The Morgan fingerprint density at radius 2 is 1.29 bits per heavy atom. The van der Waals surface area contributed by atoms with Gasteiger partial charge < -0.3 is 0 Å². The fraction of sp³-hybridized carbons (Fsp3) is 1.00. The van der Waals surface area contributed by atoms with Gasteiger partial charge in [-0.15, -0.1) is 0 Å². The zero-order valence-electron chi connectivity index (χ0n) is 16.5. The van der Waals surface area contributed by atoms with E-state index in [9.17, 15) is 4.39 Å². The molecule has 24 heavy (non-hydrogen) atoms. The zero-order valence-corrected chi connectivity index (χ0v) is 16.5. The maximum absolute atomic E-state index is 14.5. The van der Waals surface area contributed by atoms with Crippen LogP contribution in [-0.2, 0) is 0 Å². The molecule has 3 rings (SSSR count). The van der Waals surface area contributed by atoms with Gasteiger partial charge in [-0.25, -0.2) is 4.39 Å². The lowest BCUT2D eigenvalue weighted by Gasteiger charge is -2.43. The second kappa shape index (κ2) is 8.54. The molecule has 0 nitrogen and oxygen atoms in total. The van der Waals surface area contributed by atoms with E-state index in [2.05, 4.69) is 20.8 Å². The first-order valence-electron chi connectivity index (χ1n) is 11.2. The average Bonchev–Trinajstić information content (AvgIpc) is 2.58. The Labute approximate surface area is 150 Å². The predicted octanol–water partition coefficient (Wildman–Crippen LogP) is 7.42. The lowest BCUT2D eigenvalue weighted by atomic mass is 9.63. The Morgan fingerprint density at radius 3 is 1.83 bits per heavy atom. The van der Waals surface area contributed by atoms with Crippen LogP contribution in [0.2, 0.25) is 0 Å². The molecule has 0 radical (unpaired) electrons. The molecule has 140 valence electrons.